The molecule has 1 fully saturated rings. The molecule has 0 aromatic heterocycles. The summed E-state index contributed by atoms with van der Waals surface area (Å²) in [7, 11) is 0. The van der Waals surface area contributed by atoms with Crippen LogP contribution in [-0.4, -0.2) is 5.91 Å². The number of halogens is 1. The fraction of sp³-hybridized carbons (Fsp3) is 0.350. The summed E-state index contributed by atoms with van der Waals surface area (Å²) in [6.45, 7) is 1.49. The predicted octanol–water partition coefficient (Wildman–Crippen LogP) is 5.21. The molecule has 0 bridgehead atoms. The maximum atomic E-state index is 10.7. The quantitative estimate of drug-likeness (QED) is 0.443. The zero-order valence-electron chi connectivity index (χ0n) is 14.6. The zero-order chi connectivity index (χ0) is 18.1. The first-order valence-electron chi connectivity index (χ1n) is 8.63. The van der Waals surface area contributed by atoms with Gasteiger partial charge >= 0.3 is 0 Å². The van der Waals surface area contributed by atoms with Crippen LogP contribution in [0.3, 0.4) is 0 Å². The molecule has 3 rings (SSSR count). The van der Waals surface area contributed by atoms with Gasteiger partial charge in [-0.05, 0) is 30.5 Å². The maximum Gasteiger partial charge on any atom is 0.221 e. The van der Waals surface area contributed by atoms with Gasteiger partial charge in [-0.2, -0.15) is 0 Å². The molecule has 134 valence electrons. The number of nitrogens with one attached hydrogen (secondary N) is 2. The number of benzene rings is 2. The van der Waals surface area contributed by atoms with Crippen molar-refractivity contribution in [2.24, 2.45) is 5.73 Å². The summed E-state index contributed by atoms with van der Waals surface area (Å²) in [6, 6.07) is 18.1. The smallest absolute Gasteiger partial charge is 0.221 e. The van der Waals surface area contributed by atoms with Gasteiger partial charge in [0.25, 0.3) is 0 Å². The number of para-hydroxylation sites is 2. The molecule has 1 aliphatic carbocycles. The van der Waals surface area contributed by atoms with Gasteiger partial charge < -0.3 is 14.6 Å². The van der Waals surface area contributed by atoms with Gasteiger partial charge in [0.1, 0.15) is 0 Å². The second-order valence-corrected chi connectivity index (χ2v) is 6.94. The second-order valence-electron chi connectivity index (χ2n) is 6.40. The number of rotatable bonds is 3. The van der Waals surface area contributed by atoms with Crippen molar-refractivity contribution in [3.05, 3.63) is 60.2 Å². The first-order chi connectivity index (χ1) is 12.0. The number of hydrogen-bond acceptors (Lipinski definition) is 3. The SMILES string of the molecule is CC(=O)Nc1ccccc1NI.NC1(c2ccccc2)CCCCC1. The molecule has 1 amide bonds. The Balaban J connectivity index is 0.000000181. The van der Waals surface area contributed by atoms with Crippen LogP contribution >= 0.6 is 22.9 Å². The van der Waals surface area contributed by atoms with Crippen LogP contribution in [0.4, 0.5) is 11.4 Å². The molecule has 0 unspecified atom stereocenters. The van der Waals surface area contributed by atoms with E-state index in [0.717, 1.165) is 24.2 Å². The molecule has 1 aliphatic rings. The molecule has 4 nitrogen and oxygen atoms in total. The lowest BCUT2D eigenvalue weighted by Gasteiger charge is -2.33. The number of nitrogens with two attached hydrogens (primary N) is 1. The summed E-state index contributed by atoms with van der Waals surface area (Å²) < 4.78 is 2.96. The summed E-state index contributed by atoms with van der Waals surface area (Å²) >= 11 is 2.02. The Labute approximate surface area is 164 Å². The summed E-state index contributed by atoms with van der Waals surface area (Å²) in [6.07, 6.45) is 6.22. The van der Waals surface area contributed by atoms with Crippen molar-refractivity contribution in [3.8, 4) is 0 Å². The van der Waals surface area contributed by atoms with E-state index in [-0.39, 0.29) is 11.4 Å². The fourth-order valence-electron chi connectivity index (χ4n) is 3.11. The van der Waals surface area contributed by atoms with Crippen LogP contribution in [0.2, 0.25) is 0 Å². The van der Waals surface area contributed by atoms with E-state index in [2.05, 4.69) is 39.2 Å². The fourth-order valence-corrected chi connectivity index (χ4v) is 3.58. The van der Waals surface area contributed by atoms with Crippen molar-refractivity contribution in [1.29, 1.82) is 0 Å². The highest BCUT2D eigenvalue weighted by molar-refractivity contribution is 14.1. The maximum absolute atomic E-state index is 10.7. The van der Waals surface area contributed by atoms with Gasteiger partial charge in [-0.1, -0.05) is 61.7 Å². The summed E-state index contributed by atoms with van der Waals surface area (Å²) in [4.78, 5) is 10.7. The van der Waals surface area contributed by atoms with E-state index < -0.39 is 0 Å². The van der Waals surface area contributed by atoms with Crippen molar-refractivity contribution in [2.75, 3.05) is 8.85 Å². The molecule has 0 spiro atoms. The minimum Gasteiger partial charge on any atom is -0.327 e. The average molecular weight is 451 g/mol. The number of carbonyl (C=O) groups is 1. The molecule has 0 saturated heterocycles. The molecule has 5 heteroatoms. The molecule has 4 N–H and O–H groups in total. The monoisotopic (exact) mass is 451 g/mol. The first kappa shape index (κ1) is 19.7. The normalized spacial score (nSPS) is 15.5. The number of carbonyl (C=O) groups excluding carboxylic acids is 1. The van der Waals surface area contributed by atoms with Gasteiger partial charge in [0.05, 0.1) is 34.2 Å². The molecule has 0 heterocycles. The molecular formula is C20H26IN3O. The minimum absolute atomic E-state index is 0.0283. The third-order valence-electron chi connectivity index (χ3n) is 4.43. The van der Waals surface area contributed by atoms with Gasteiger partial charge in [-0.3, -0.25) is 4.79 Å². The lowest BCUT2D eigenvalue weighted by atomic mass is 9.77. The number of amides is 1. The van der Waals surface area contributed by atoms with Gasteiger partial charge in [-0.15, -0.1) is 0 Å². The van der Waals surface area contributed by atoms with E-state index >= 15 is 0 Å². The van der Waals surface area contributed by atoms with Crippen LogP contribution < -0.4 is 14.6 Å². The van der Waals surface area contributed by atoms with Crippen LogP contribution in [0.5, 0.6) is 0 Å². The van der Waals surface area contributed by atoms with Crippen LogP contribution in [0.1, 0.15) is 44.6 Å². The van der Waals surface area contributed by atoms with Gasteiger partial charge in [0, 0.05) is 12.5 Å². The number of hydrogen-bond donors (Lipinski definition) is 3. The number of anilines is 2. The Morgan fingerprint density at radius 3 is 2.08 bits per heavy atom. The Hall–Kier alpha value is -1.60. The second kappa shape index (κ2) is 9.77. The third kappa shape index (κ3) is 6.01. The van der Waals surface area contributed by atoms with E-state index in [1.54, 1.807) is 0 Å². The van der Waals surface area contributed by atoms with E-state index in [1.165, 1.54) is 31.7 Å². The minimum atomic E-state index is -0.0610. The average Bonchev–Trinajstić information content (AvgIpc) is 2.64. The highest BCUT2D eigenvalue weighted by Crippen LogP contribution is 2.34. The highest BCUT2D eigenvalue weighted by atomic mass is 127. The molecule has 25 heavy (non-hydrogen) atoms. The molecule has 0 aliphatic heterocycles. The lowest BCUT2D eigenvalue weighted by molar-refractivity contribution is -0.114. The molecular weight excluding hydrogens is 425 g/mol. The van der Waals surface area contributed by atoms with Gasteiger partial charge in [0.2, 0.25) is 5.91 Å². The predicted molar refractivity (Wildman–Crippen MR) is 114 cm³/mol. The summed E-state index contributed by atoms with van der Waals surface area (Å²) in [5.41, 5.74) is 9.38. The lowest BCUT2D eigenvalue weighted by Crippen LogP contribution is -2.38. The summed E-state index contributed by atoms with van der Waals surface area (Å²) in [5, 5.41) is 2.72. The van der Waals surface area contributed by atoms with E-state index in [0.29, 0.717) is 0 Å². The van der Waals surface area contributed by atoms with E-state index in [4.69, 9.17) is 5.73 Å². The van der Waals surface area contributed by atoms with Crippen LogP contribution in [0.15, 0.2) is 54.6 Å². The molecule has 2 aromatic rings. The molecule has 0 radical (unpaired) electrons. The van der Waals surface area contributed by atoms with E-state index in [9.17, 15) is 4.79 Å². The first-order valence-corrected chi connectivity index (χ1v) is 9.71. The van der Waals surface area contributed by atoms with Gasteiger partial charge in [-0.25, -0.2) is 0 Å². The summed E-state index contributed by atoms with van der Waals surface area (Å²) in [5.74, 6) is -0.0610. The van der Waals surface area contributed by atoms with Crippen LogP contribution in [0.25, 0.3) is 0 Å². The Morgan fingerprint density at radius 1 is 0.960 bits per heavy atom. The Morgan fingerprint density at radius 2 is 1.52 bits per heavy atom. The molecule has 0 atom stereocenters. The van der Waals surface area contributed by atoms with E-state index in [1.807, 2.05) is 47.1 Å². The van der Waals surface area contributed by atoms with Crippen molar-refractivity contribution < 1.29 is 4.79 Å². The topological polar surface area (TPSA) is 67.2 Å². The highest BCUT2D eigenvalue weighted by Gasteiger charge is 2.28. The van der Waals surface area contributed by atoms with Crippen molar-refractivity contribution in [2.45, 2.75) is 44.6 Å². The standard InChI is InChI=1S/C12H17N.C8H9IN2O/c13-12(9-5-2-6-10-12)11-7-3-1-4-8-11;1-6(12)10-7-4-2-3-5-8(7)11-9/h1,3-4,7-8H,2,5-6,9-10,13H2;2-5,11H,1H3,(H,10,12). The largest absolute Gasteiger partial charge is 0.327 e. The van der Waals surface area contributed by atoms with Gasteiger partial charge in [0.15, 0.2) is 0 Å². The van der Waals surface area contributed by atoms with Crippen molar-refractivity contribution in [1.82, 2.24) is 0 Å². The molecule has 2 aromatic carbocycles. The molecule has 1 saturated carbocycles. The Kier molecular flexibility index (Phi) is 7.71. The van der Waals surface area contributed by atoms with Crippen molar-refractivity contribution in [3.63, 3.8) is 0 Å². The van der Waals surface area contributed by atoms with Crippen LogP contribution in [-0.2, 0) is 10.3 Å². The zero-order valence-corrected chi connectivity index (χ0v) is 16.8. The van der Waals surface area contributed by atoms with Crippen molar-refractivity contribution >= 4 is 40.1 Å². The Bertz CT molecular complexity index is 670. The van der Waals surface area contributed by atoms with Crippen LogP contribution in [0, 0.1) is 0 Å². The third-order valence-corrected chi connectivity index (χ3v) is 5.02.